The molecule has 5 nitrogen and oxygen atoms in total. The van der Waals surface area contributed by atoms with Gasteiger partial charge in [0.1, 0.15) is 6.04 Å². The molecule has 5 heteroatoms. The number of aryl methyl sites for hydroxylation is 1. The Hall–Kier alpha value is -2.04. The van der Waals surface area contributed by atoms with Crippen molar-refractivity contribution in [3.8, 4) is 0 Å². The molecular formula is C15H21N3O2. The average Bonchev–Trinajstić information content (AvgIpc) is 2.43. The van der Waals surface area contributed by atoms with Crippen LogP contribution in [0.1, 0.15) is 35.7 Å². The number of rotatable bonds is 4. The van der Waals surface area contributed by atoms with Gasteiger partial charge in [-0.3, -0.25) is 9.59 Å². The van der Waals surface area contributed by atoms with Crippen LogP contribution in [0.4, 0.5) is 5.69 Å². The molecule has 0 saturated carbocycles. The molecule has 108 valence electrons. The van der Waals surface area contributed by atoms with Crippen LogP contribution in [0.2, 0.25) is 0 Å². The summed E-state index contributed by atoms with van der Waals surface area (Å²) in [5.74, 6) is -0.297. The van der Waals surface area contributed by atoms with Crippen LogP contribution >= 0.6 is 0 Å². The molecule has 3 N–H and O–H groups in total. The first-order valence-electron chi connectivity index (χ1n) is 7.05. The van der Waals surface area contributed by atoms with Crippen molar-refractivity contribution in [2.75, 3.05) is 18.4 Å². The van der Waals surface area contributed by atoms with Crippen molar-refractivity contribution in [3.05, 3.63) is 29.3 Å². The zero-order valence-electron chi connectivity index (χ0n) is 12.0. The van der Waals surface area contributed by atoms with Crippen molar-refractivity contribution in [2.45, 2.75) is 32.7 Å². The van der Waals surface area contributed by atoms with Crippen LogP contribution in [0, 0.1) is 6.92 Å². The van der Waals surface area contributed by atoms with E-state index >= 15 is 0 Å². The summed E-state index contributed by atoms with van der Waals surface area (Å²) in [6, 6.07) is 5.27. The van der Waals surface area contributed by atoms with Gasteiger partial charge in [-0.2, -0.15) is 0 Å². The fraction of sp³-hybridized carbons (Fsp3) is 0.467. The number of benzene rings is 1. The maximum absolute atomic E-state index is 12.4. The first-order valence-corrected chi connectivity index (χ1v) is 7.05. The molecule has 0 aliphatic carbocycles. The van der Waals surface area contributed by atoms with Gasteiger partial charge in [-0.25, -0.2) is 0 Å². The molecular weight excluding hydrogens is 254 g/mol. The van der Waals surface area contributed by atoms with E-state index in [4.69, 9.17) is 0 Å². The molecule has 1 unspecified atom stereocenters. The summed E-state index contributed by atoms with van der Waals surface area (Å²) in [7, 11) is 0. The Balaban J connectivity index is 2.15. The first kappa shape index (κ1) is 14.4. The second-order valence-corrected chi connectivity index (χ2v) is 5.04. The smallest absolute Gasteiger partial charge is 0.254 e. The standard InChI is InChI=1S/C15H21N3O2/c1-3-16-12-7-6-10(2)9-11(12)14(19)18-13-5-4-8-17-15(13)20/h6-7,9,13,16H,3-5,8H2,1-2H3,(H,17,20)(H,18,19). The monoisotopic (exact) mass is 275 g/mol. The topological polar surface area (TPSA) is 70.2 Å². The third-order valence-corrected chi connectivity index (χ3v) is 3.38. The van der Waals surface area contributed by atoms with Gasteiger partial charge in [-0.1, -0.05) is 11.6 Å². The number of piperidine rings is 1. The summed E-state index contributed by atoms with van der Waals surface area (Å²) in [6.45, 7) is 5.36. The molecule has 2 rings (SSSR count). The summed E-state index contributed by atoms with van der Waals surface area (Å²) in [6.07, 6.45) is 1.59. The van der Waals surface area contributed by atoms with E-state index in [0.717, 1.165) is 24.2 Å². The number of anilines is 1. The Morgan fingerprint density at radius 1 is 1.45 bits per heavy atom. The summed E-state index contributed by atoms with van der Waals surface area (Å²) in [5.41, 5.74) is 2.40. The number of hydrogen-bond acceptors (Lipinski definition) is 3. The Morgan fingerprint density at radius 3 is 2.95 bits per heavy atom. The lowest BCUT2D eigenvalue weighted by Gasteiger charge is -2.23. The van der Waals surface area contributed by atoms with Gasteiger partial charge in [0.25, 0.3) is 5.91 Å². The zero-order valence-corrected chi connectivity index (χ0v) is 12.0. The van der Waals surface area contributed by atoms with Crippen molar-refractivity contribution < 1.29 is 9.59 Å². The van der Waals surface area contributed by atoms with Gasteiger partial charge in [0.05, 0.1) is 5.56 Å². The van der Waals surface area contributed by atoms with Crippen molar-refractivity contribution in [1.29, 1.82) is 0 Å². The van der Waals surface area contributed by atoms with Gasteiger partial charge in [0, 0.05) is 18.8 Å². The lowest BCUT2D eigenvalue weighted by molar-refractivity contribution is -0.124. The first-order chi connectivity index (χ1) is 9.61. The van der Waals surface area contributed by atoms with E-state index in [2.05, 4.69) is 16.0 Å². The Kier molecular flexibility index (Phi) is 4.61. The van der Waals surface area contributed by atoms with Gasteiger partial charge in [-0.05, 0) is 38.8 Å². The minimum Gasteiger partial charge on any atom is -0.385 e. The molecule has 2 amide bonds. The van der Waals surface area contributed by atoms with E-state index in [1.165, 1.54) is 0 Å². The highest BCUT2D eigenvalue weighted by Crippen LogP contribution is 2.18. The van der Waals surface area contributed by atoms with Gasteiger partial charge in [-0.15, -0.1) is 0 Å². The number of carbonyl (C=O) groups is 2. The predicted molar refractivity (Wildman–Crippen MR) is 78.8 cm³/mol. The second kappa shape index (κ2) is 6.41. The fourth-order valence-electron chi connectivity index (χ4n) is 2.34. The molecule has 1 fully saturated rings. The number of amides is 2. The second-order valence-electron chi connectivity index (χ2n) is 5.04. The van der Waals surface area contributed by atoms with Crippen LogP contribution in [0.3, 0.4) is 0 Å². The van der Waals surface area contributed by atoms with E-state index in [9.17, 15) is 9.59 Å². The lowest BCUT2D eigenvalue weighted by atomic mass is 10.0. The molecule has 0 aromatic heterocycles. The number of nitrogens with one attached hydrogen (secondary N) is 3. The van der Waals surface area contributed by atoms with Gasteiger partial charge >= 0.3 is 0 Å². The van der Waals surface area contributed by atoms with Crippen LogP contribution in [-0.4, -0.2) is 30.9 Å². The molecule has 1 aromatic carbocycles. The maximum Gasteiger partial charge on any atom is 0.254 e. The highest BCUT2D eigenvalue weighted by molar-refractivity contribution is 6.02. The largest absolute Gasteiger partial charge is 0.385 e. The van der Waals surface area contributed by atoms with Gasteiger partial charge < -0.3 is 16.0 Å². The van der Waals surface area contributed by atoms with Gasteiger partial charge in [0.15, 0.2) is 0 Å². The Bertz CT molecular complexity index is 514. The molecule has 1 aliphatic rings. The third kappa shape index (κ3) is 3.29. The molecule has 1 atom stereocenters. The molecule has 1 aromatic rings. The molecule has 1 aliphatic heterocycles. The molecule has 20 heavy (non-hydrogen) atoms. The van der Waals surface area contributed by atoms with Crippen molar-refractivity contribution in [2.24, 2.45) is 0 Å². The zero-order chi connectivity index (χ0) is 14.5. The molecule has 1 saturated heterocycles. The van der Waals surface area contributed by atoms with E-state index in [1.807, 2.05) is 32.0 Å². The van der Waals surface area contributed by atoms with Crippen LogP contribution in [-0.2, 0) is 4.79 Å². The normalized spacial score (nSPS) is 18.3. The van der Waals surface area contributed by atoms with E-state index in [1.54, 1.807) is 0 Å². The van der Waals surface area contributed by atoms with Crippen molar-refractivity contribution in [1.82, 2.24) is 10.6 Å². The Morgan fingerprint density at radius 2 is 2.25 bits per heavy atom. The van der Waals surface area contributed by atoms with Crippen LogP contribution in [0.25, 0.3) is 0 Å². The molecule has 0 spiro atoms. The minimum atomic E-state index is -0.425. The predicted octanol–water partition coefficient (Wildman–Crippen LogP) is 1.44. The molecule has 0 bridgehead atoms. The van der Waals surface area contributed by atoms with E-state index < -0.39 is 6.04 Å². The number of hydrogen-bond donors (Lipinski definition) is 3. The maximum atomic E-state index is 12.4. The van der Waals surface area contributed by atoms with E-state index in [-0.39, 0.29) is 11.8 Å². The van der Waals surface area contributed by atoms with Crippen molar-refractivity contribution in [3.63, 3.8) is 0 Å². The van der Waals surface area contributed by atoms with Gasteiger partial charge in [0.2, 0.25) is 5.91 Å². The van der Waals surface area contributed by atoms with Crippen LogP contribution in [0.15, 0.2) is 18.2 Å². The fourth-order valence-corrected chi connectivity index (χ4v) is 2.34. The highest BCUT2D eigenvalue weighted by atomic mass is 16.2. The average molecular weight is 275 g/mol. The SMILES string of the molecule is CCNc1ccc(C)cc1C(=O)NC1CCCNC1=O. The molecule has 1 heterocycles. The quantitative estimate of drug-likeness (QED) is 0.778. The Labute approximate surface area is 119 Å². The summed E-state index contributed by atoms with van der Waals surface area (Å²) >= 11 is 0. The van der Waals surface area contributed by atoms with Crippen molar-refractivity contribution >= 4 is 17.5 Å². The summed E-state index contributed by atoms with van der Waals surface area (Å²) in [5, 5.41) is 8.76. The lowest BCUT2D eigenvalue weighted by Crippen LogP contribution is -2.50. The minimum absolute atomic E-state index is 0.0951. The summed E-state index contributed by atoms with van der Waals surface area (Å²) in [4.78, 5) is 24.1. The van der Waals surface area contributed by atoms with Crippen LogP contribution < -0.4 is 16.0 Å². The molecule has 0 radical (unpaired) electrons. The third-order valence-electron chi connectivity index (χ3n) is 3.38. The van der Waals surface area contributed by atoms with E-state index in [0.29, 0.717) is 18.5 Å². The van der Waals surface area contributed by atoms with Crippen LogP contribution in [0.5, 0.6) is 0 Å². The highest BCUT2D eigenvalue weighted by Gasteiger charge is 2.24. The number of carbonyl (C=O) groups excluding carboxylic acids is 2. The summed E-state index contributed by atoms with van der Waals surface area (Å²) < 4.78 is 0.